The van der Waals surface area contributed by atoms with Crippen molar-refractivity contribution < 1.29 is 14.3 Å². The van der Waals surface area contributed by atoms with E-state index in [0.717, 1.165) is 47.0 Å². The lowest BCUT2D eigenvalue weighted by atomic mass is 10.0. The predicted octanol–water partition coefficient (Wildman–Crippen LogP) is 6.62. The average Bonchev–Trinajstić information content (AvgIpc) is 3.44. The lowest BCUT2D eigenvalue weighted by Gasteiger charge is -2.32. The molecule has 6 heteroatoms. The Kier molecular flexibility index (Phi) is 10.4. The Balaban J connectivity index is 1.50. The molecule has 0 aromatic heterocycles. The largest absolute Gasteiger partial charge is 0.494 e. The zero-order valence-corrected chi connectivity index (χ0v) is 23.7. The van der Waals surface area contributed by atoms with E-state index in [-0.39, 0.29) is 17.9 Å². The molecular formula is C32H37BrN2O3. The highest BCUT2D eigenvalue weighted by atomic mass is 79.9. The van der Waals surface area contributed by atoms with Crippen molar-refractivity contribution in [1.82, 2.24) is 10.2 Å². The summed E-state index contributed by atoms with van der Waals surface area (Å²) in [6, 6.07) is 25.4. The fourth-order valence-electron chi connectivity index (χ4n) is 4.90. The maximum absolute atomic E-state index is 13.7. The van der Waals surface area contributed by atoms with Crippen LogP contribution in [0.15, 0.2) is 83.3 Å². The van der Waals surface area contributed by atoms with Crippen molar-refractivity contribution >= 4 is 27.7 Å². The third-order valence-electron chi connectivity index (χ3n) is 7.06. The molecule has 38 heavy (non-hydrogen) atoms. The molecule has 0 heterocycles. The molecule has 0 saturated heterocycles. The van der Waals surface area contributed by atoms with E-state index in [4.69, 9.17) is 4.74 Å². The van der Waals surface area contributed by atoms with Gasteiger partial charge in [-0.1, -0.05) is 88.9 Å². The fraction of sp³-hybridized carbons (Fsp3) is 0.375. The molecule has 1 saturated carbocycles. The van der Waals surface area contributed by atoms with Crippen LogP contribution in [0.2, 0.25) is 0 Å². The quantitative estimate of drug-likeness (QED) is 0.247. The van der Waals surface area contributed by atoms with Crippen molar-refractivity contribution in [1.29, 1.82) is 0 Å². The summed E-state index contributed by atoms with van der Waals surface area (Å²) in [4.78, 5) is 29.2. The highest BCUT2D eigenvalue weighted by molar-refractivity contribution is 9.10. The number of nitrogens with one attached hydrogen (secondary N) is 1. The van der Waals surface area contributed by atoms with E-state index in [1.807, 2.05) is 85.8 Å². The topological polar surface area (TPSA) is 58.6 Å². The number of ether oxygens (including phenoxy) is 1. The molecular weight excluding hydrogens is 540 g/mol. The molecule has 0 spiro atoms. The van der Waals surface area contributed by atoms with Gasteiger partial charge in [0.1, 0.15) is 11.8 Å². The van der Waals surface area contributed by atoms with E-state index < -0.39 is 6.04 Å². The standard InChI is InChI=1S/C32H37BrN2O3/c1-24-13-19-29(20-14-24)38-21-7-12-31(36)35(23-26-15-17-27(33)18-16-26)30(22-25-8-3-2-4-9-25)32(37)34-28-10-5-6-11-28/h2-4,8-9,13-20,28,30H,5-7,10-12,21-23H2,1H3,(H,34,37)/t30-/m1/s1. The maximum atomic E-state index is 13.7. The van der Waals surface area contributed by atoms with Crippen LogP contribution in [0.3, 0.4) is 0 Å². The normalized spacial score (nSPS) is 14.2. The van der Waals surface area contributed by atoms with Crippen LogP contribution in [0.1, 0.15) is 55.2 Å². The van der Waals surface area contributed by atoms with Crippen LogP contribution in [0.5, 0.6) is 5.75 Å². The summed E-state index contributed by atoms with van der Waals surface area (Å²) in [6.45, 7) is 2.86. The summed E-state index contributed by atoms with van der Waals surface area (Å²) in [5, 5.41) is 3.26. The molecule has 200 valence electrons. The Hall–Kier alpha value is -3.12. The third-order valence-corrected chi connectivity index (χ3v) is 7.59. The lowest BCUT2D eigenvalue weighted by molar-refractivity contribution is -0.141. The Morgan fingerprint density at radius 2 is 1.63 bits per heavy atom. The molecule has 1 aliphatic rings. The first-order valence-corrected chi connectivity index (χ1v) is 14.3. The number of nitrogens with zero attached hydrogens (tertiary/aromatic N) is 1. The number of hydrogen-bond acceptors (Lipinski definition) is 3. The molecule has 2 amide bonds. The summed E-state index contributed by atoms with van der Waals surface area (Å²) in [7, 11) is 0. The van der Waals surface area contributed by atoms with E-state index in [2.05, 4.69) is 21.2 Å². The van der Waals surface area contributed by atoms with Crippen LogP contribution in [-0.4, -0.2) is 35.4 Å². The van der Waals surface area contributed by atoms with Crippen molar-refractivity contribution in [3.05, 3.63) is 100 Å². The molecule has 3 aromatic carbocycles. The average molecular weight is 578 g/mol. The van der Waals surface area contributed by atoms with Crippen LogP contribution >= 0.6 is 15.9 Å². The molecule has 1 atom stereocenters. The van der Waals surface area contributed by atoms with Crippen LogP contribution in [0.4, 0.5) is 0 Å². The maximum Gasteiger partial charge on any atom is 0.243 e. The van der Waals surface area contributed by atoms with Crippen LogP contribution in [0, 0.1) is 6.92 Å². The Bertz CT molecular complexity index is 1160. The van der Waals surface area contributed by atoms with Gasteiger partial charge in [0, 0.05) is 29.9 Å². The molecule has 0 aliphatic heterocycles. The summed E-state index contributed by atoms with van der Waals surface area (Å²) in [5.74, 6) is 0.692. The van der Waals surface area contributed by atoms with Crippen LogP contribution in [-0.2, 0) is 22.6 Å². The van der Waals surface area contributed by atoms with Crippen molar-refractivity contribution in [3.63, 3.8) is 0 Å². The highest BCUT2D eigenvalue weighted by Gasteiger charge is 2.32. The number of amides is 2. The van der Waals surface area contributed by atoms with Gasteiger partial charge < -0.3 is 15.0 Å². The molecule has 1 aliphatic carbocycles. The number of aryl methyl sites for hydroxylation is 1. The number of carbonyl (C=O) groups excluding carboxylic acids is 2. The molecule has 1 N–H and O–H groups in total. The Morgan fingerprint density at radius 3 is 2.32 bits per heavy atom. The van der Waals surface area contributed by atoms with Crippen LogP contribution in [0.25, 0.3) is 0 Å². The molecule has 3 aromatic rings. The number of rotatable bonds is 12. The first-order chi connectivity index (χ1) is 18.5. The minimum atomic E-state index is -0.591. The first kappa shape index (κ1) is 27.9. The molecule has 4 rings (SSSR count). The van der Waals surface area contributed by atoms with E-state index in [0.29, 0.717) is 32.4 Å². The van der Waals surface area contributed by atoms with E-state index >= 15 is 0 Å². The second-order valence-corrected chi connectivity index (χ2v) is 11.0. The summed E-state index contributed by atoms with van der Waals surface area (Å²) in [6.07, 6.45) is 5.63. The van der Waals surface area contributed by atoms with Gasteiger partial charge in [0.05, 0.1) is 6.61 Å². The van der Waals surface area contributed by atoms with E-state index in [9.17, 15) is 9.59 Å². The number of benzene rings is 3. The summed E-state index contributed by atoms with van der Waals surface area (Å²) < 4.78 is 6.84. The van der Waals surface area contributed by atoms with E-state index in [1.165, 1.54) is 5.56 Å². The predicted molar refractivity (Wildman–Crippen MR) is 155 cm³/mol. The minimum absolute atomic E-state index is 0.0390. The number of halogens is 1. The zero-order valence-electron chi connectivity index (χ0n) is 22.1. The SMILES string of the molecule is Cc1ccc(OCCCC(=O)N(Cc2ccc(Br)cc2)[C@H](Cc2ccccc2)C(=O)NC2CCCC2)cc1. The fourth-order valence-corrected chi connectivity index (χ4v) is 5.16. The zero-order chi connectivity index (χ0) is 26.7. The monoisotopic (exact) mass is 576 g/mol. The van der Waals surface area contributed by atoms with Crippen molar-refractivity contribution in [2.75, 3.05) is 6.61 Å². The lowest BCUT2D eigenvalue weighted by Crippen LogP contribution is -2.52. The number of hydrogen-bond donors (Lipinski definition) is 1. The summed E-state index contributed by atoms with van der Waals surface area (Å²) >= 11 is 3.49. The van der Waals surface area contributed by atoms with Gasteiger partial charge in [-0.15, -0.1) is 0 Å². The third kappa shape index (κ3) is 8.45. The van der Waals surface area contributed by atoms with Gasteiger partial charge in [-0.2, -0.15) is 0 Å². The van der Waals surface area contributed by atoms with Gasteiger partial charge in [-0.25, -0.2) is 0 Å². The van der Waals surface area contributed by atoms with E-state index in [1.54, 1.807) is 4.90 Å². The first-order valence-electron chi connectivity index (χ1n) is 13.6. The van der Waals surface area contributed by atoms with Gasteiger partial charge in [0.15, 0.2) is 0 Å². The van der Waals surface area contributed by atoms with Crippen molar-refractivity contribution in [2.24, 2.45) is 0 Å². The highest BCUT2D eigenvalue weighted by Crippen LogP contribution is 2.21. The number of carbonyl (C=O) groups is 2. The Morgan fingerprint density at radius 1 is 0.947 bits per heavy atom. The molecule has 5 nitrogen and oxygen atoms in total. The smallest absolute Gasteiger partial charge is 0.243 e. The Labute approximate surface area is 234 Å². The molecule has 1 fully saturated rings. The molecule has 0 radical (unpaired) electrons. The van der Waals surface area contributed by atoms with Gasteiger partial charge in [0.2, 0.25) is 11.8 Å². The van der Waals surface area contributed by atoms with Gasteiger partial charge >= 0.3 is 0 Å². The van der Waals surface area contributed by atoms with Crippen molar-refractivity contribution in [2.45, 2.75) is 70.5 Å². The second kappa shape index (κ2) is 14.1. The van der Waals surface area contributed by atoms with Gasteiger partial charge in [-0.3, -0.25) is 9.59 Å². The summed E-state index contributed by atoms with van der Waals surface area (Å²) in [5.41, 5.74) is 3.20. The van der Waals surface area contributed by atoms with Crippen LogP contribution < -0.4 is 10.1 Å². The molecule has 0 bridgehead atoms. The second-order valence-electron chi connectivity index (χ2n) is 10.1. The minimum Gasteiger partial charge on any atom is -0.494 e. The van der Waals surface area contributed by atoms with Crippen molar-refractivity contribution in [3.8, 4) is 5.75 Å². The molecule has 0 unspecified atom stereocenters. The van der Waals surface area contributed by atoms with Gasteiger partial charge in [-0.05, 0) is 61.6 Å². The van der Waals surface area contributed by atoms with Gasteiger partial charge in [0.25, 0.3) is 0 Å².